The van der Waals surface area contributed by atoms with Crippen molar-refractivity contribution in [1.82, 2.24) is 9.97 Å². The van der Waals surface area contributed by atoms with Gasteiger partial charge >= 0.3 is 0 Å². The first kappa shape index (κ1) is 11.7. The summed E-state index contributed by atoms with van der Waals surface area (Å²) < 4.78 is 0. The molecule has 2 fully saturated rings. The van der Waals surface area contributed by atoms with Crippen LogP contribution in [0, 0.1) is 19.8 Å². The Kier molecular flexibility index (Phi) is 2.86. The van der Waals surface area contributed by atoms with Crippen LogP contribution in [0.2, 0.25) is 0 Å². The summed E-state index contributed by atoms with van der Waals surface area (Å²) in [5.41, 5.74) is 3.75. The number of aryl methyl sites for hydroxylation is 1. The maximum absolute atomic E-state index is 5.54. The third-order valence-electron chi connectivity index (χ3n) is 3.78. The first-order chi connectivity index (χ1) is 8.69. The molecule has 0 radical (unpaired) electrons. The predicted octanol–water partition coefficient (Wildman–Crippen LogP) is 1.76. The third kappa shape index (κ3) is 2.27. The van der Waals surface area contributed by atoms with Gasteiger partial charge in [-0.15, -0.1) is 0 Å². The Labute approximate surface area is 108 Å². The summed E-state index contributed by atoms with van der Waals surface area (Å²) in [5.74, 6) is 9.01. The van der Waals surface area contributed by atoms with E-state index in [1.54, 1.807) is 0 Å². The van der Waals surface area contributed by atoms with Crippen LogP contribution in [0.15, 0.2) is 0 Å². The second-order valence-corrected chi connectivity index (χ2v) is 5.54. The molecule has 2 saturated carbocycles. The molecule has 0 spiro atoms. The SMILES string of the molecule is Cc1nc(NN)c(C)c(N(CC2CC2)C2CC2)n1. The first-order valence-corrected chi connectivity index (χ1v) is 6.77. The van der Waals surface area contributed by atoms with Crippen LogP contribution in [0.5, 0.6) is 0 Å². The Balaban J connectivity index is 1.93. The van der Waals surface area contributed by atoms with Crippen LogP contribution in [0.3, 0.4) is 0 Å². The lowest BCUT2D eigenvalue weighted by Crippen LogP contribution is -2.30. The molecule has 2 aliphatic carbocycles. The van der Waals surface area contributed by atoms with E-state index < -0.39 is 0 Å². The molecule has 0 unspecified atom stereocenters. The maximum atomic E-state index is 5.54. The molecule has 18 heavy (non-hydrogen) atoms. The van der Waals surface area contributed by atoms with E-state index in [0.29, 0.717) is 6.04 Å². The minimum absolute atomic E-state index is 0.684. The van der Waals surface area contributed by atoms with Gasteiger partial charge in [-0.2, -0.15) is 0 Å². The number of nitrogen functional groups attached to an aromatic ring is 1. The Bertz CT molecular complexity index is 451. The minimum atomic E-state index is 0.684. The number of rotatable bonds is 5. The summed E-state index contributed by atoms with van der Waals surface area (Å²) in [6.07, 6.45) is 5.32. The zero-order valence-electron chi connectivity index (χ0n) is 11.1. The molecule has 0 saturated heterocycles. The number of aromatic nitrogens is 2. The molecule has 1 aromatic heterocycles. The molecule has 0 amide bonds. The number of hydrogen-bond donors (Lipinski definition) is 2. The van der Waals surface area contributed by atoms with Gasteiger partial charge in [-0.3, -0.25) is 0 Å². The molecule has 98 valence electrons. The van der Waals surface area contributed by atoms with Crippen molar-refractivity contribution >= 4 is 11.6 Å². The highest BCUT2D eigenvalue weighted by Crippen LogP contribution is 2.38. The Hall–Kier alpha value is -1.36. The molecule has 0 bridgehead atoms. The Morgan fingerprint density at radius 1 is 1.22 bits per heavy atom. The fourth-order valence-corrected chi connectivity index (χ4v) is 2.41. The topological polar surface area (TPSA) is 67.1 Å². The quantitative estimate of drug-likeness (QED) is 0.613. The van der Waals surface area contributed by atoms with Crippen molar-refractivity contribution in [3.8, 4) is 0 Å². The summed E-state index contributed by atoms with van der Waals surface area (Å²) in [6.45, 7) is 5.12. The van der Waals surface area contributed by atoms with Gasteiger partial charge in [0.15, 0.2) is 0 Å². The van der Waals surface area contributed by atoms with Gasteiger partial charge in [0.05, 0.1) is 0 Å². The zero-order valence-corrected chi connectivity index (χ0v) is 11.1. The molecule has 0 aromatic carbocycles. The molecular weight excluding hydrogens is 226 g/mol. The highest BCUT2D eigenvalue weighted by molar-refractivity contribution is 5.59. The van der Waals surface area contributed by atoms with Crippen LogP contribution < -0.4 is 16.2 Å². The Morgan fingerprint density at radius 2 is 1.94 bits per heavy atom. The van der Waals surface area contributed by atoms with Crippen molar-refractivity contribution in [3.63, 3.8) is 0 Å². The molecule has 2 aliphatic rings. The van der Waals surface area contributed by atoms with Crippen LogP contribution in [-0.2, 0) is 0 Å². The number of hydrogen-bond acceptors (Lipinski definition) is 5. The average molecular weight is 247 g/mol. The number of anilines is 2. The monoisotopic (exact) mass is 247 g/mol. The fraction of sp³-hybridized carbons (Fsp3) is 0.692. The molecule has 3 N–H and O–H groups in total. The van der Waals surface area contributed by atoms with E-state index >= 15 is 0 Å². The van der Waals surface area contributed by atoms with Crippen LogP contribution in [0.25, 0.3) is 0 Å². The number of hydrazine groups is 1. The van der Waals surface area contributed by atoms with Gasteiger partial charge in [0.25, 0.3) is 0 Å². The number of nitrogens with two attached hydrogens (primary N) is 1. The van der Waals surface area contributed by atoms with Gasteiger partial charge in [0.2, 0.25) is 0 Å². The standard InChI is InChI=1S/C13H21N5/c1-8-12(17-14)15-9(2)16-13(8)18(11-5-6-11)7-10-3-4-10/h10-11H,3-7,14H2,1-2H3,(H,15,16,17). The van der Waals surface area contributed by atoms with Crippen molar-refractivity contribution < 1.29 is 0 Å². The largest absolute Gasteiger partial charge is 0.353 e. The second-order valence-electron chi connectivity index (χ2n) is 5.54. The van der Waals surface area contributed by atoms with Gasteiger partial charge in [-0.25, -0.2) is 15.8 Å². The fourth-order valence-electron chi connectivity index (χ4n) is 2.41. The van der Waals surface area contributed by atoms with E-state index in [1.807, 2.05) is 13.8 Å². The van der Waals surface area contributed by atoms with Crippen molar-refractivity contribution in [2.24, 2.45) is 11.8 Å². The van der Waals surface area contributed by atoms with E-state index in [4.69, 9.17) is 5.84 Å². The molecule has 0 atom stereocenters. The van der Waals surface area contributed by atoms with E-state index in [9.17, 15) is 0 Å². The number of nitrogens with one attached hydrogen (secondary N) is 1. The molecule has 5 heteroatoms. The highest BCUT2D eigenvalue weighted by atomic mass is 15.3. The molecule has 5 nitrogen and oxygen atoms in total. The third-order valence-corrected chi connectivity index (χ3v) is 3.78. The van der Waals surface area contributed by atoms with E-state index in [1.165, 1.54) is 25.7 Å². The lowest BCUT2D eigenvalue weighted by molar-refractivity contribution is 0.703. The minimum Gasteiger partial charge on any atom is -0.353 e. The van der Waals surface area contributed by atoms with Crippen LogP contribution in [0.1, 0.15) is 37.1 Å². The van der Waals surface area contributed by atoms with Gasteiger partial charge in [0.1, 0.15) is 17.5 Å². The van der Waals surface area contributed by atoms with Gasteiger partial charge in [-0.05, 0) is 45.4 Å². The van der Waals surface area contributed by atoms with Gasteiger partial charge in [-0.1, -0.05) is 0 Å². The summed E-state index contributed by atoms with van der Waals surface area (Å²) in [6, 6.07) is 0.684. The van der Waals surface area contributed by atoms with Crippen molar-refractivity contribution in [2.75, 3.05) is 16.9 Å². The normalized spacial score (nSPS) is 18.8. The summed E-state index contributed by atoms with van der Waals surface area (Å²) in [7, 11) is 0. The predicted molar refractivity (Wildman–Crippen MR) is 72.4 cm³/mol. The maximum Gasteiger partial charge on any atom is 0.148 e. The van der Waals surface area contributed by atoms with Crippen LogP contribution in [-0.4, -0.2) is 22.6 Å². The first-order valence-electron chi connectivity index (χ1n) is 6.77. The molecule has 0 aliphatic heterocycles. The van der Waals surface area contributed by atoms with E-state index in [-0.39, 0.29) is 0 Å². The molecule has 1 heterocycles. The lowest BCUT2D eigenvalue weighted by Gasteiger charge is -2.26. The smallest absolute Gasteiger partial charge is 0.148 e. The summed E-state index contributed by atoms with van der Waals surface area (Å²) in [5, 5.41) is 0. The Morgan fingerprint density at radius 3 is 2.50 bits per heavy atom. The van der Waals surface area contributed by atoms with E-state index in [2.05, 4.69) is 20.3 Å². The van der Waals surface area contributed by atoms with Crippen LogP contribution >= 0.6 is 0 Å². The second kappa shape index (κ2) is 4.39. The van der Waals surface area contributed by atoms with Crippen LogP contribution in [0.4, 0.5) is 11.6 Å². The lowest BCUT2D eigenvalue weighted by atomic mass is 10.2. The average Bonchev–Trinajstić information content (AvgIpc) is 3.21. The van der Waals surface area contributed by atoms with E-state index in [0.717, 1.165) is 35.5 Å². The summed E-state index contributed by atoms with van der Waals surface area (Å²) >= 11 is 0. The molecular formula is C13H21N5. The van der Waals surface area contributed by atoms with Gasteiger partial charge in [0, 0.05) is 18.2 Å². The van der Waals surface area contributed by atoms with Crippen molar-refractivity contribution in [1.29, 1.82) is 0 Å². The summed E-state index contributed by atoms with van der Waals surface area (Å²) in [4.78, 5) is 11.5. The number of nitrogens with zero attached hydrogens (tertiary/aromatic N) is 3. The molecule has 1 aromatic rings. The molecule has 3 rings (SSSR count). The van der Waals surface area contributed by atoms with Crippen molar-refractivity contribution in [3.05, 3.63) is 11.4 Å². The van der Waals surface area contributed by atoms with Crippen molar-refractivity contribution in [2.45, 2.75) is 45.6 Å². The van der Waals surface area contributed by atoms with Gasteiger partial charge < -0.3 is 10.3 Å². The zero-order chi connectivity index (χ0) is 12.7. The highest BCUT2D eigenvalue weighted by Gasteiger charge is 2.35.